The summed E-state index contributed by atoms with van der Waals surface area (Å²) in [6, 6.07) is 0. The molecule has 0 aliphatic rings. The standard InChI is InChI=1S/C13H28O2/c1-12(2)7-5-4-6-8-13(11-14)9-10-15-3/h12-14H,4-11H2,1-3H3/t13-/m1/s1. The topological polar surface area (TPSA) is 29.5 Å². The molecule has 0 unspecified atom stereocenters. The maximum Gasteiger partial charge on any atom is 0.0465 e. The van der Waals surface area contributed by atoms with Crippen LogP contribution >= 0.6 is 0 Å². The second-order valence-electron chi connectivity index (χ2n) is 4.86. The van der Waals surface area contributed by atoms with Gasteiger partial charge in [0.1, 0.15) is 0 Å². The summed E-state index contributed by atoms with van der Waals surface area (Å²) >= 11 is 0. The van der Waals surface area contributed by atoms with E-state index in [0.717, 1.165) is 25.4 Å². The molecule has 15 heavy (non-hydrogen) atoms. The van der Waals surface area contributed by atoms with Crippen molar-refractivity contribution in [3.8, 4) is 0 Å². The summed E-state index contributed by atoms with van der Waals surface area (Å²) in [5, 5.41) is 9.14. The summed E-state index contributed by atoms with van der Waals surface area (Å²) in [5.41, 5.74) is 0. The Morgan fingerprint density at radius 2 is 1.67 bits per heavy atom. The fourth-order valence-electron chi connectivity index (χ4n) is 1.77. The summed E-state index contributed by atoms with van der Waals surface area (Å²) in [6.45, 7) is 5.63. The van der Waals surface area contributed by atoms with Gasteiger partial charge in [-0.2, -0.15) is 0 Å². The molecule has 0 aromatic rings. The minimum absolute atomic E-state index is 0.313. The Kier molecular flexibility index (Phi) is 10.4. The zero-order chi connectivity index (χ0) is 11.5. The second kappa shape index (κ2) is 10.4. The number of ether oxygens (including phenoxy) is 1. The zero-order valence-corrected chi connectivity index (χ0v) is 10.7. The average Bonchev–Trinajstić information content (AvgIpc) is 2.21. The van der Waals surface area contributed by atoms with Gasteiger partial charge in [-0.05, 0) is 24.7 Å². The monoisotopic (exact) mass is 216 g/mol. The van der Waals surface area contributed by atoms with Crippen LogP contribution in [0.2, 0.25) is 0 Å². The van der Waals surface area contributed by atoms with E-state index in [1.165, 1.54) is 25.7 Å². The van der Waals surface area contributed by atoms with Gasteiger partial charge in [-0.3, -0.25) is 0 Å². The van der Waals surface area contributed by atoms with Gasteiger partial charge in [-0.15, -0.1) is 0 Å². The lowest BCUT2D eigenvalue weighted by Crippen LogP contribution is -2.09. The number of hydrogen-bond donors (Lipinski definition) is 1. The summed E-state index contributed by atoms with van der Waals surface area (Å²) < 4.78 is 5.02. The predicted molar refractivity (Wildman–Crippen MR) is 65.0 cm³/mol. The number of methoxy groups -OCH3 is 1. The number of rotatable bonds is 10. The van der Waals surface area contributed by atoms with Gasteiger partial charge in [0.15, 0.2) is 0 Å². The molecule has 0 fully saturated rings. The maximum absolute atomic E-state index is 9.14. The Bertz CT molecular complexity index is 124. The van der Waals surface area contributed by atoms with Crippen molar-refractivity contribution in [3.63, 3.8) is 0 Å². The molecule has 1 N–H and O–H groups in total. The van der Waals surface area contributed by atoms with Gasteiger partial charge in [0.05, 0.1) is 0 Å². The van der Waals surface area contributed by atoms with Crippen molar-refractivity contribution in [2.24, 2.45) is 11.8 Å². The van der Waals surface area contributed by atoms with Crippen molar-refractivity contribution < 1.29 is 9.84 Å². The largest absolute Gasteiger partial charge is 0.396 e. The van der Waals surface area contributed by atoms with Crippen LogP contribution in [-0.2, 0) is 4.74 Å². The van der Waals surface area contributed by atoms with E-state index in [2.05, 4.69) is 13.8 Å². The minimum atomic E-state index is 0.313. The molecule has 0 aliphatic carbocycles. The molecule has 0 aliphatic heterocycles. The van der Waals surface area contributed by atoms with Crippen LogP contribution < -0.4 is 0 Å². The van der Waals surface area contributed by atoms with Gasteiger partial charge >= 0.3 is 0 Å². The minimum Gasteiger partial charge on any atom is -0.396 e. The van der Waals surface area contributed by atoms with E-state index < -0.39 is 0 Å². The predicted octanol–water partition coefficient (Wildman–Crippen LogP) is 3.24. The first-order chi connectivity index (χ1) is 7.20. The van der Waals surface area contributed by atoms with E-state index in [-0.39, 0.29) is 0 Å². The molecule has 0 saturated carbocycles. The molecule has 1 atom stereocenters. The normalized spacial score (nSPS) is 13.4. The zero-order valence-electron chi connectivity index (χ0n) is 10.7. The number of hydrogen-bond acceptors (Lipinski definition) is 2. The van der Waals surface area contributed by atoms with Crippen molar-refractivity contribution >= 4 is 0 Å². The summed E-state index contributed by atoms with van der Waals surface area (Å²) in [4.78, 5) is 0. The lowest BCUT2D eigenvalue weighted by Gasteiger charge is -2.13. The van der Waals surface area contributed by atoms with E-state index in [9.17, 15) is 0 Å². The van der Waals surface area contributed by atoms with Crippen molar-refractivity contribution in [2.45, 2.75) is 52.4 Å². The van der Waals surface area contributed by atoms with Gasteiger partial charge in [0.2, 0.25) is 0 Å². The van der Waals surface area contributed by atoms with Gasteiger partial charge in [-0.1, -0.05) is 39.5 Å². The van der Waals surface area contributed by atoms with Crippen molar-refractivity contribution in [2.75, 3.05) is 20.3 Å². The van der Waals surface area contributed by atoms with E-state index in [1.807, 2.05) is 0 Å². The van der Waals surface area contributed by atoms with E-state index in [1.54, 1.807) is 7.11 Å². The molecule has 2 nitrogen and oxygen atoms in total. The van der Waals surface area contributed by atoms with Crippen LogP contribution in [0.5, 0.6) is 0 Å². The molecule has 0 saturated heterocycles. The molecule has 2 heteroatoms. The van der Waals surface area contributed by atoms with E-state index in [0.29, 0.717) is 12.5 Å². The highest BCUT2D eigenvalue weighted by Gasteiger charge is 2.06. The first-order valence-electron chi connectivity index (χ1n) is 6.30. The molecule has 92 valence electrons. The van der Waals surface area contributed by atoms with Gasteiger partial charge in [0.25, 0.3) is 0 Å². The van der Waals surface area contributed by atoms with Crippen molar-refractivity contribution in [3.05, 3.63) is 0 Å². The number of aliphatic hydroxyl groups excluding tert-OH is 1. The van der Waals surface area contributed by atoms with Crippen molar-refractivity contribution in [1.82, 2.24) is 0 Å². The van der Waals surface area contributed by atoms with E-state index >= 15 is 0 Å². The summed E-state index contributed by atoms with van der Waals surface area (Å²) in [6.07, 6.45) is 7.38. The van der Waals surface area contributed by atoms with Gasteiger partial charge in [0, 0.05) is 20.3 Å². The molecule has 0 aromatic carbocycles. The first kappa shape index (κ1) is 14.9. The second-order valence-corrected chi connectivity index (χ2v) is 4.86. The lowest BCUT2D eigenvalue weighted by molar-refractivity contribution is 0.142. The Morgan fingerprint density at radius 1 is 1.00 bits per heavy atom. The van der Waals surface area contributed by atoms with E-state index in [4.69, 9.17) is 9.84 Å². The molecular formula is C13H28O2. The summed E-state index contributed by atoms with van der Waals surface area (Å²) in [5.74, 6) is 1.27. The SMILES string of the molecule is COCC[C@H](CO)CCCCCC(C)C. The Morgan fingerprint density at radius 3 is 2.20 bits per heavy atom. The first-order valence-corrected chi connectivity index (χ1v) is 6.30. The molecular weight excluding hydrogens is 188 g/mol. The Balaban J connectivity index is 3.30. The summed E-state index contributed by atoms with van der Waals surface area (Å²) in [7, 11) is 1.72. The van der Waals surface area contributed by atoms with Gasteiger partial charge < -0.3 is 9.84 Å². The molecule has 0 rings (SSSR count). The fourth-order valence-corrected chi connectivity index (χ4v) is 1.77. The highest BCUT2D eigenvalue weighted by Crippen LogP contribution is 2.15. The van der Waals surface area contributed by atoms with Crippen LogP contribution in [0.3, 0.4) is 0 Å². The number of unbranched alkanes of at least 4 members (excludes halogenated alkanes) is 2. The quantitative estimate of drug-likeness (QED) is 0.568. The lowest BCUT2D eigenvalue weighted by atomic mass is 9.97. The fraction of sp³-hybridized carbons (Fsp3) is 1.00. The highest BCUT2D eigenvalue weighted by atomic mass is 16.5. The maximum atomic E-state index is 9.14. The Labute approximate surface area is 95.0 Å². The third-order valence-corrected chi connectivity index (χ3v) is 2.88. The molecule has 0 bridgehead atoms. The van der Waals surface area contributed by atoms with Crippen LogP contribution in [0.25, 0.3) is 0 Å². The highest BCUT2D eigenvalue weighted by molar-refractivity contribution is 4.58. The van der Waals surface area contributed by atoms with Crippen LogP contribution in [-0.4, -0.2) is 25.4 Å². The molecule has 0 spiro atoms. The van der Waals surface area contributed by atoms with Crippen LogP contribution in [0.15, 0.2) is 0 Å². The van der Waals surface area contributed by atoms with Crippen LogP contribution in [0.4, 0.5) is 0 Å². The molecule has 0 aromatic heterocycles. The van der Waals surface area contributed by atoms with Crippen molar-refractivity contribution in [1.29, 1.82) is 0 Å². The molecule has 0 amide bonds. The molecule has 0 radical (unpaired) electrons. The Hall–Kier alpha value is -0.0800. The third kappa shape index (κ3) is 10.2. The van der Waals surface area contributed by atoms with Crippen LogP contribution in [0.1, 0.15) is 52.4 Å². The smallest absolute Gasteiger partial charge is 0.0465 e. The molecule has 0 heterocycles. The average molecular weight is 216 g/mol. The van der Waals surface area contributed by atoms with Crippen LogP contribution in [0, 0.1) is 11.8 Å². The van der Waals surface area contributed by atoms with Gasteiger partial charge in [-0.25, -0.2) is 0 Å². The third-order valence-electron chi connectivity index (χ3n) is 2.88. The number of aliphatic hydroxyl groups is 1.